The van der Waals surface area contributed by atoms with Gasteiger partial charge in [-0.25, -0.2) is 4.79 Å². The quantitative estimate of drug-likeness (QED) is 0.153. The highest BCUT2D eigenvalue weighted by molar-refractivity contribution is 6.39. The Morgan fingerprint density at radius 2 is 1.57 bits per heavy atom. The lowest BCUT2D eigenvalue weighted by Gasteiger charge is -2.42. The van der Waals surface area contributed by atoms with E-state index in [1.165, 1.54) is 12.0 Å². The minimum atomic E-state index is -2.41. The van der Waals surface area contributed by atoms with Gasteiger partial charge in [0.15, 0.2) is 5.78 Å². The second-order valence-corrected chi connectivity index (χ2v) is 20.0. The van der Waals surface area contributed by atoms with Gasteiger partial charge in [-0.05, 0) is 113 Å². The van der Waals surface area contributed by atoms with E-state index in [9.17, 15) is 34.2 Å². The van der Waals surface area contributed by atoms with Gasteiger partial charge in [0.05, 0.1) is 18.3 Å². The number of nitrogens with zero attached hydrogens (tertiary/aromatic N) is 1. The molecule has 4 aliphatic rings. The number of carbonyl (C=O) groups is 5. The summed E-state index contributed by atoms with van der Waals surface area (Å²) in [6, 6.07) is -1.11. The van der Waals surface area contributed by atoms with Crippen LogP contribution in [0.25, 0.3) is 0 Å². The van der Waals surface area contributed by atoms with E-state index in [1.54, 1.807) is 41.1 Å². The molecule has 6 unspecified atom stereocenters. The van der Waals surface area contributed by atoms with Crippen molar-refractivity contribution >= 4 is 29.2 Å². The van der Waals surface area contributed by atoms with Crippen LogP contribution in [-0.2, 0) is 47.7 Å². The van der Waals surface area contributed by atoms with E-state index < -0.39 is 77.8 Å². The number of Topliss-reactive ketones (excluding diaryl/α,β-unsaturated/α-hetero) is 3. The summed E-state index contributed by atoms with van der Waals surface area (Å²) in [6.45, 7) is 15.1. The third-order valence-corrected chi connectivity index (χ3v) is 14.8. The number of esters is 1. The van der Waals surface area contributed by atoms with E-state index in [0.29, 0.717) is 56.4 Å². The zero-order chi connectivity index (χ0) is 48.2. The predicted molar refractivity (Wildman–Crippen MR) is 248 cm³/mol. The molecule has 0 aromatic carbocycles. The highest BCUT2D eigenvalue weighted by atomic mass is 16.6. The Kier molecular flexibility index (Phi) is 21.0. The average Bonchev–Trinajstić information content (AvgIpc) is 3.28. The van der Waals surface area contributed by atoms with Crippen LogP contribution in [0, 0.1) is 41.4 Å². The maximum atomic E-state index is 14.4. The SMILES string of the molecule is COC1CC(C[C@@H](C)[C@@H]2CC(=O)[C@H](C)/C=C(\C)[C@@H](O)C(OC)C(=O)C(C)C[C@H](C)/C=C/C=C/C=C(\C)[C@@H](OC)CC3CC[C@@H](C)[C@@](O)(O3)C(=O)C(=O)N3CCCCC3C(=O)O2)CC[C@H]1C. The van der Waals surface area contributed by atoms with Gasteiger partial charge in [-0.1, -0.05) is 78.0 Å². The van der Waals surface area contributed by atoms with Gasteiger partial charge in [-0.15, -0.1) is 0 Å². The summed E-state index contributed by atoms with van der Waals surface area (Å²) in [7, 11) is 4.70. The third-order valence-electron chi connectivity index (χ3n) is 14.8. The summed E-state index contributed by atoms with van der Waals surface area (Å²) >= 11 is 0. The third kappa shape index (κ3) is 14.3. The second-order valence-electron chi connectivity index (χ2n) is 20.0. The molecule has 0 spiro atoms. The molecule has 2 N–H and O–H groups in total. The van der Waals surface area contributed by atoms with Gasteiger partial charge in [0.25, 0.3) is 11.7 Å². The molecule has 13 nitrogen and oxygen atoms in total. The smallest absolute Gasteiger partial charge is 0.329 e. The molecule has 0 aromatic heterocycles. The molecule has 3 heterocycles. The van der Waals surface area contributed by atoms with Crippen LogP contribution in [-0.4, -0.2) is 121 Å². The zero-order valence-electron chi connectivity index (χ0n) is 41.2. The maximum Gasteiger partial charge on any atom is 0.329 e. The second kappa shape index (κ2) is 25.2. The van der Waals surface area contributed by atoms with Gasteiger partial charge in [-0.2, -0.15) is 0 Å². The zero-order valence-corrected chi connectivity index (χ0v) is 41.2. The molecule has 2 saturated heterocycles. The number of fused-ring (bicyclic) bond motifs is 3. The number of carbonyl (C=O) groups excluding carboxylic acids is 5. The lowest BCUT2D eigenvalue weighted by atomic mass is 9.76. The standard InChI is InChI=1S/C52H81NO12/c1-31-17-13-12-14-18-32(2)44(62-10)29-40-23-21-38(8)52(60,65-40)49(57)50(58)53-24-16-15-19-41(53)51(59)64-45(35(5)27-39-22-20-33(3)43(28-39)61-9)30-42(54)34(4)26-37(7)47(56)48(63-11)46(55)36(6)25-31/h12-14,17-18,26,31,33-36,38-41,43-45,47-48,56,60H,15-16,19-25,27-30H2,1-11H3/b14-12+,17-13+,32-18+,37-26+/t31-,33-,34-,35-,36?,38-,39?,40?,41?,43?,44+,45+,47-,48?,52-/m1/s1. The monoisotopic (exact) mass is 912 g/mol. The number of piperidine rings is 1. The van der Waals surface area contributed by atoms with Crippen molar-refractivity contribution in [3.8, 4) is 0 Å². The lowest BCUT2D eigenvalue weighted by molar-refractivity contribution is -0.265. The van der Waals surface area contributed by atoms with E-state index in [1.807, 2.05) is 58.1 Å². The average molecular weight is 912 g/mol. The largest absolute Gasteiger partial charge is 0.460 e. The first kappa shape index (κ1) is 54.3. The van der Waals surface area contributed by atoms with Crippen LogP contribution in [0.2, 0.25) is 0 Å². The highest BCUT2D eigenvalue weighted by Gasteiger charge is 2.53. The van der Waals surface area contributed by atoms with E-state index in [4.69, 9.17) is 23.7 Å². The van der Waals surface area contributed by atoms with Crippen LogP contribution in [0.15, 0.2) is 47.6 Å². The molecule has 1 saturated carbocycles. The van der Waals surface area contributed by atoms with E-state index in [-0.39, 0.29) is 54.8 Å². The van der Waals surface area contributed by atoms with E-state index in [0.717, 1.165) is 24.8 Å². The molecule has 1 aliphatic carbocycles. The molecule has 0 radical (unpaired) electrons. The van der Waals surface area contributed by atoms with Crippen molar-refractivity contribution in [1.82, 2.24) is 4.90 Å². The molecule has 366 valence electrons. The fourth-order valence-corrected chi connectivity index (χ4v) is 10.4. The Morgan fingerprint density at radius 1 is 0.846 bits per heavy atom. The first-order valence-electron chi connectivity index (χ1n) is 24.2. The molecule has 65 heavy (non-hydrogen) atoms. The summed E-state index contributed by atoms with van der Waals surface area (Å²) in [4.78, 5) is 71.9. The predicted octanol–water partition coefficient (Wildman–Crippen LogP) is 7.46. The Labute approximate surface area is 388 Å². The minimum absolute atomic E-state index is 0.0304. The Hall–Kier alpha value is -3.33. The number of cyclic esters (lactones) is 1. The molecule has 3 aliphatic heterocycles. The van der Waals surface area contributed by atoms with Crippen LogP contribution >= 0.6 is 0 Å². The van der Waals surface area contributed by atoms with Crippen LogP contribution in [0.5, 0.6) is 0 Å². The number of ketones is 3. The molecular weight excluding hydrogens is 831 g/mol. The summed E-state index contributed by atoms with van der Waals surface area (Å²) in [6.07, 6.45) is 13.6. The molecular formula is C52H81NO12. The number of rotatable bonds is 6. The number of aliphatic hydroxyl groups is 2. The Bertz CT molecular complexity index is 1750. The fraction of sp³-hybridized carbons (Fsp3) is 0.750. The van der Waals surface area contributed by atoms with Crippen LogP contribution in [0.3, 0.4) is 0 Å². The van der Waals surface area contributed by atoms with E-state index in [2.05, 4.69) is 6.92 Å². The van der Waals surface area contributed by atoms with E-state index >= 15 is 0 Å². The maximum absolute atomic E-state index is 14.4. The van der Waals surface area contributed by atoms with Gasteiger partial charge in [0, 0.05) is 58.5 Å². The Balaban J connectivity index is 1.70. The summed E-state index contributed by atoms with van der Waals surface area (Å²) in [5.74, 6) is -7.07. The first-order valence-corrected chi connectivity index (χ1v) is 24.2. The Morgan fingerprint density at radius 3 is 2.25 bits per heavy atom. The number of hydrogen-bond acceptors (Lipinski definition) is 12. The fourth-order valence-electron chi connectivity index (χ4n) is 10.4. The van der Waals surface area contributed by atoms with Crippen LogP contribution in [0.4, 0.5) is 0 Å². The molecule has 3 fully saturated rings. The summed E-state index contributed by atoms with van der Waals surface area (Å²) in [5.41, 5.74) is 1.30. The van der Waals surface area contributed by atoms with Gasteiger partial charge in [0.1, 0.15) is 30.1 Å². The van der Waals surface area contributed by atoms with Crippen molar-refractivity contribution in [2.75, 3.05) is 27.9 Å². The minimum Gasteiger partial charge on any atom is -0.460 e. The summed E-state index contributed by atoms with van der Waals surface area (Å²) < 4.78 is 29.7. The number of hydrogen-bond donors (Lipinski definition) is 2. The topological polar surface area (TPSA) is 175 Å². The molecule has 13 heteroatoms. The highest BCUT2D eigenvalue weighted by Crippen LogP contribution is 2.38. The van der Waals surface area contributed by atoms with Crippen molar-refractivity contribution in [1.29, 1.82) is 0 Å². The number of methoxy groups -OCH3 is 3. The number of allylic oxidation sites excluding steroid dienone is 6. The van der Waals surface area contributed by atoms with Gasteiger partial charge >= 0.3 is 5.97 Å². The van der Waals surface area contributed by atoms with Gasteiger partial charge in [-0.3, -0.25) is 19.2 Å². The van der Waals surface area contributed by atoms with Crippen molar-refractivity contribution in [2.24, 2.45) is 41.4 Å². The normalized spacial score (nSPS) is 40.4. The lowest BCUT2D eigenvalue weighted by Crippen LogP contribution is -2.61. The van der Waals surface area contributed by atoms with Crippen LogP contribution in [0.1, 0.15) is 132 Å². The first-order chi connectivity index (χ1) is 30.7. The molecule has 2 bridgehead atoms. The van der Waals surface area contributed by atoms with Gasteiger partial charge < -0.3 is 38.8 Å². The van der Waals surface area contributed by atoms with Crippen molar-refractivity contribution < 1.29 is 57.9 Å². The van der Waals surface area contributed by atoms with Crippen molar-refractivity contribution in [3.05, 3.63) is 47.6 Å². The number of amides is 1. The van der Waals surface area contributed by atoms with Crippen LogP contribution < -0.4 is 0 Å². The molecule has 1 amide bonds. The molecule has 0 aromatic rings. The molecule has 4 rings (SSSR count). The van der Waals surface area contributed by atoms with Crippen molar-refractivity contribution in [3.63, 3.8) is 0 Å². The van der Waals surface area contributed by atoms with Gasteiger partial charge in [0.2, 0.25) is 5.79 Å². The molecule has 15 atom stereocenters. The van der Waals surface area contributed by atoms with Crippen molar-refractivity contribution in [2.45, 2.75) is 181 Å². The number of aliphatic hydroxyl groups excluding tert-OH is 1. The summed E-state index contributed by atoms with van der Waals surface area (Å²) in [5, 5.41) is 23.4. The number of ether oxygens (including phenoxy) is 5.